The number of rotatable bonds is 6. The maximum Gasteiger partial charge on any atom is 0.253 e. The predicted molar refractivity (Wildman–Crippen MR) is 85.1 cm³/mol. The molecule has 0 aromatic heterocycles. The van der Waals surface area contributed by atoms with Gasteiger partial charge in [-0.05, 0) is 30.5 Å². The monoisotopic (exact) mass is 309 g/mol. The van der Waals surface area contributed by atoms with Gasteiger partial charge in [-0.2, -0.15) is 0 Å². The highest BCUT2D eigenvalue weighted by atomic mass is 19.1. The second-order valence-corrected chi connectivity index (χ2v) is 5.80. The van der Waals surface area contributed by atoms with Gasteiger partial charge in [0.2, 0.25) is 5.91 Å². The lowest BCUT2D eigenvalue weighted by Crippen LogP contribution is -2.34. The minimum atomic E-state index is -0.573. The highest BCUT2D eigenvalue weighted by molar-refractivity contribution is 5.96. The average molecular weight is 309 g/mol. The van der Waals surface area contributed by atoms with E-state index in [4.69, 9.17) is 5.73 Å². The number of nitrogens with two attached hydrogens (primary N) is 1. The Kier molecular flexibility index (Phi) is 6.49. The summed E-state index contributed by atoms with van der Waals surface area (Å²) in [6.45, 7) is 5.87. The molecule has 0 saturated carbocycles. The van der Waals surface area contributed by atoms with Gasteiger partial charge in [0.15, 0.2) is 0 Å². The summed E-state index contributed by atoms with van der Waals surface area (Å²) in [5.41, 5.74) is 6.30. The van der Waals surface area contributed by atoms with Gasteiger partial charge >= 0.3 is 0 Å². The van der Waals surface area contributed by atoms with Gasteiger partial charge in [0.1, 0.15) is 5.82 Å². The summed E-state index contributed by atoms with van der Waals surface area (Å²) in [7, 11) is 1.68. The predicted octanol–water partition coefficient (Wildman–Crippen LogP) is 2.23. The van der Waals surface area contributed by atoms with Gasteiger partial charge in [-0.3, -0.25) is 9.59 Å². The first-order valence-corrected chi connectivity index (χ1v) is 7.30. The van der Waals surface area contributed by atoms with Crippen LogP contribution in [0.1, 0.15) is 37.6 Å². The molecule has 5 nitrogen and oxygen atoms in total. The maximum absolute atomic E-state index is 13.6. The van der Waals surface area contributed by atoms with Crippen molar-refractivity contribution in [3.8, 4) is 0 Å². The number of hydrogen-bond acceptors (Lipinski definition) is 3. The van der Waals surface area contributed by atoms with Gasteiger partial charge in [0.05, 0.1) is 5.69 Å². The quantitative estimate of drug-likeness (QED) is 0.846. The van der Waals surface area contributed by atoms with Crippen molar-refractivity contribution in [3.05, 3.63) is 29.6 Å². The molecule has 0 heterocycles. The number of nitrogens with one attached hydrogen (secondary N) is 1. The van der Waals surface area contributed by atoms with E-state index in [2.05, 4.69) is 5.32 Å². The molecule has 22 heavy (non-hydrogen) atoms. The van der Waals surface area contributed by atoms with E-state index < -0.39 is 5.82 Å². The van der Waals surface area contributed by atoms with Crippen molar-refractivity contribution in [1.29, 1.82) is 0 Å². The van der Waals surface area contributed by atoms with E-state index in [-0.39, 0.29) is 23.5 Å². The van der Waals surface area contributed by atoms with E-state index in [0.29, 0.717) is 24.4 Å². The first-order chi connectivity index (χ1) is 10.2. The molecule has 122 valence electrons. The van der Waals surface area contributed by atoms with Gasteiger partial charge in [-0.1, -0.05) is 13.8 Å². The van der Waals surface area contributed by atoms with Crippen LogP contribution in [-0.4, -0.2) is 36.3 Å². The zero-order valence-corrected chi connectivity index (χ0v) is 13.5. The van der Waals surface area contributed by atoms with Crippen molar-refractivity contribution in [2.45, 2.75) is 33.2 Å². The second-order valence-electron chi connectivity index (χ2n) is 5.80. The highest BCUT2D eigenvalue weighted by Crippen LogP contribution is 2.17. The third-order valence-electron chi connectivity index (χ3n) is 3.52. The SMILES string of the molecule is CC(=O)Nc1cc(C(=O)N(C)CCC(N)C(C)C)ccc1F. The smallest absolute Gasteiger partial charge is 0.253 e. The Labute approximate surface area is 130 Å². The maximum atomic E-state index is 13.6. The third-order valence-corrected chi connectivity index (χ3v) is 3.52. The van der Waals surface area contributed by atoms with Gasteiger partial charge in [0, 0.05) is 32.1 Å². The number of benzene rings is 1. The molecule has 1 unspecified atom stereocenters. The number of hydrogen-bond donors (Lipinski definition) is 2. The fourth-order valence-corrected chi connectivity index (χ4v) is 1.94. The van der Waals surface area contributed by atoms with Crippen molar-refractivity contribution in [1.82, 2.24) is 4.90 Å². The standard InChI is InChI=1S/C16H24FN3O2/c1-10(2)14(18)7-8-20(4)16(22)12-5-6-13(17)15(9-12)19-11(3)21/h5-6,9-10,14H,7-8,18H2,1-4H3,(H,19,21). The van der Waals surface area contributed by atoms with Gasteiger partial charge in [-0.25, -0.2) is 4.39 Å². The van der Waals surface area contributed by atoms with Gasteiger partial charge in [0.25, 0.3) is 5.91 Å². The minimum absolute atomic E-state index is 0.00521. The fourth-order valence-electron chi connectivity index (χ4n) is 1.94. The Morgan fingerprint density at radius 2 is 2.00 bits per heavy atom. The molecule has 0 radical (unpaired) electrons. The Bertz CT molecular complexity index is 546. The average Bonchev–Trinajstić information content (AvgIpc) is 2.45. The summed E-state index contributed by atoms with van der Waals surface area (Å²) in [5, 5.41) is 2.37. The van der Waals surface area contributed by atoms with Gasteiger partial charge in [-0.15, -0.1) is 0 Å². The molecule has 0 aliphatic carbocycles. The molecule has 0 aliphatic rings. The Balaban J connectivity index is 2.78. The van der Waals surface area contributed by atoms with Crippen LogP contribution in [0.5, 0.6) is 0 Å². The normalized spacial score (nSPS) is 12.1. The molecular formula is C16H24FN3O2. The molecule has 1 atom stereocenters. The van der Waals surface area contributed by atoms with Crippen molar-refractivity contribution in [2.24, 2.45) is 11.7 Å². The van der Waals surface area contributed by atoms with E-state index in [1.165, 1.54) is 25.1 Å². The third kappa shape index (κ3) is 5.11. The van der Waals surface area contributed by atoms with E-state index in [9.17, 15) is 14.0 Å². The molecule has 3 N–H and O–H groups in total. The topological polar surface area (TPSA) is 75.4 Å². The van der Waals surface area contributed by atoms with Crippen LogP contribution in [0, 0.1) is 11.7 Å². The molecule has 0 aliphatic heterocycles. The molecule has 0 fully saturated rings. The summed E-state index contributed by atoms with van der Waals surface area (Å²) in [4.78, 5) is 24.9. The Morgan fingerprint density at radius 1 is 1.36 bits per heavy atom. The zero-order chi connectivity index (χ0) is 16.9. The van der Waals surface area contributed by atoms with Crippen LogP contribution in [0.4, 0.5) is 10.1 Å². The lowest BCUT2D eigenvalue weighted by molar-refractivity contribution is -0.114. The van der Waals surface area contributed by atoms with Crippen LogP contribution < -0.4 is 11.1 Å². The number of carbonyl (C=O) groups excluding carboxylic acids is 2. The second kappa shape index (κ2) is 7.89. The van der Waals surface area contributed by atoms with E-state index in [1.54, 1.807) is 11.9 Å². The number of halogens is 1. The highest BCUT2D eigenvalue weighted by Gasteiger charge is 2.16. The fraction of sp³-hybridized carbons (Fsp3) is 0.500. The van der Waals surface area contributed by atoms with Crippen LogP contribution in [0.15, 0.2) is 18.2 Å². The van der Waals surface area contributed by atoms with E-state index in [1.807, 2.05) is 13.8 Å². The van der Waals surface area contributed by atoms with E-state index in [0.717, 1.165) is 0 Å². The van der Waals surface area contributed by atoms with Crippen LogP contribution in [0.25, 0.3) is 0 Å². The van der Waals surface area contributed by atoms with Crippen molar-refractivity contribution in [3.63, 3.8) is 0 Å². The van der Waals surface area contributed by atoms with Crippen LogP contribution in [0.3, 0.4) is 0 Å². The summed E-state index contributed by atoms with van der Waals surface area (Å²) < 4.78 is 13.6. The molecule has 1 rings (SSSR count). The molecule has 2 amide bonds. The van der Waals surface area contributed by atoms with Gasteiger partial charge < -0.3 is 16.0 Å². The lowest BCUT2D eigenvalue weighted by Gasteiger charge is -2.22. The van der Waals surface area contributed by atoms with Crippen LogP contribution in [-0.2, 0) is 4.79 Å². The summed E-state index contributed by atoms with van der Waals surface area (Å²) in [6, 6.07) is 3.95. The van der Waals surface area contributed by atoms with Crippen molar-refractivity contribution in [2.75, 3.05) is 18.9 Å². The number of carbonyl (C=O) groups is 2. The van der Waals surface area contributed by atoms with Crippen LogP contribution >= 0.6 is 0 Å². The molecule has 1 aromatic carbocycles. The molecule has 0 saturated heterocycles. The largest absolute Gasteiger partial charge is 0.342 e. The minimum Gasteiger partial charge on any atom is -0.342 e. The molecule has 0 bridgehead atoms. The number of nitrogens with zero attached hydrogens (tertiary/aromatic N) is 1. The number of anilines is 1. The summed E-state index contributed by atoms with van der Waals surface area (Å²) in [5.74, 6) is -0.848. The van der Waals surface area contributed by atoms with Crippen molar-refractivity contribution < 1.29 is 14.0 Å². The van der Waals surface area contributed by atoms with E-state index >= 15 is 0 Å². The summed E-state index contributed by atoms with van der Waals surface area (Å²) in [6.07, 6.45) is 0.694. The summed E-state index contributed by atoms with van der Waals surface area (Å²) >= 11 is 0. The first kappa shape index (κ1) is 18.1. The first-order valence-electron chi connectivity index (χ1n) is 7.30. The molecule has 6 heteroatoms. The molecular weight excluding hydrogens is 285 g/mol. The van der Waals surface area contributed by atoms with Crippen molar-refractivity contribution >= 4 is 17.5 Å². The Hall–Kier alpha value is -1.95. The number of amides is 2. The molecule has 1 aromatic rings. The zero-order valence-electron chi connectivity index (χ0n) is 13.5. The molecule has 0 spiro atoms. The Morgan fingerprint density at radius 3 is 2.55 bits per heavy atom. The van der Waals surface area contributed by atoms with Crippen LogP contribution in [0.2, 0.25) is 0 Å². The lowest BCUT2D eigenvalue weighted by atomic mass is 10.0.